The van der Waals surface area contributed by atoms with Gasteiger partial charge in [0.2, 0.25) is 0 Å². The number of nitrogens with one attached hydrogen (secondary N) is 1. The Morgan fingerprint density at radius 2 is 2.27 bits per heavy atom. The Balaban J connectivity index is 1.93. The van der Waals surface area contributed by atoms with Gasteiger partial charge in [0.25, 0.3) is 0 Å². The van der Waals surface area contributed by atoms with Crippen molar-refractivity contribution in [1.29, 1.82) is 0 Å². The molecule has 0 bridgehead atoms. The van der Waals surface area contributed by atoms with Crippen LogP contribution in [0.15, 0.2) is 6.33 Å². The van der Waals surface area contributed by atoms with Crippen LogP contribution in [0, 0.1) is 0 Å². The summed E-state index contributed by atoms with van der Waals surface area (Å²) >= 11 is 0. The molecule has 1 aromatic rings. The van der Waals surface area contributed by atoms with E-state index in [0.717, 1.165) is 44.8 Å². The Labute approximate surface area is 90.8 Å². The van der Waals surface area contributed by atoms with Gasteiger partial charge >= 0.3 is 0 Å². The fraction of sp³-hybridized carbons (Fsp3) is 0.800. The van der Waals surface area contributed by atoms with Gasteiger partial charge in [-0.3, -0.25) is 4.68 Å². The first kappa shape index (κ1) is 12.1. The monoisotopic (exact) mass is 212 g/mol. The third kappa shape index (κ3) is 5.49. The average Bonchev–Trinajstić information content (AvgIpc) is 2.63. The lowest BCUT2D eigenvalue weighted by atomic mass is 10.3. The molecule has 0 spiro atoms. The fourth-order valence-electron chi connectivity index (χ4n) is 1.32. The zero-order chi connectivity index (χ0) is 10.9. The van der Waals surface area contributed by atoms with Gasteiger partial charge in [-0.05, 0) is 19.4 Å². The highest BCUT2D eigenvalue weighted by Crippen LogP contribution is 1.89. The molecule has 0 amide bonds. The smallest absolute Gasteiger partial charge is 0.151 e. The van der Waals surface area contributed by atoms with Gasteiger partial charge in [-0.25, -0.2) is 4.98 Å². The topological polar surface area (TPSA) is 52.0 Å². The normalized spacial score (nSPS) is 10.8. The maximum atomic E-state index is 4.97. The van der Waals surface area contributed by atoms with Crippen LogP contribution in [0.5, 0.6) is 0 Å². The maximum Gasteiger partial charge on any atom is 0.151 e. The highest BCUT2D eigenvalue weighted by atomic mass is 16.5. The van der Waals surface area contributed by atoms with E-state index < -0.39 is 0 Å². The summed E-state index contributed by atoms with van der Waals surface area (Å²) in [6.07, 6.45) is 4.90. The van der Waals surface area contributed by atoms with Gasteiger partial charge in [-0.1, -0.05) is 0 Å². The number of methoxy groups -OCH3 is 1. The van der Waals surface area contributed by atoms with Crippen LogP contribution in [0.2, 0.25) is 0 Å². The first-order chi connectivity index (χ1) is 7.33. The molecule has 1 heterocycles. The third-order valence-corrected chi connectivity index (χ3v) is 2.12. The number of aromatic nitrogens is 3. The van der Waals surface area contributed by atoms with Gasteiger partial charge in [-0.2, -0.15) is 5.10 Å². The van der Waals surface area contributed by atoms with Crippen molar-refractivity contribution in [2.75, 3.05) is 26.8 Å². The van der Waals surface area contributed by atoms with Gasteiger partial charge in [0.15, 0.2) is 5.82 Å². The summed E-state index contributed by atoms with van der Waals surface area (Å²) in [4.78, 5) is 4.15. The van der Waals surface area contributed by atoms with Crippen molar-refractivity contribution < 1.29 is 4.74 Å². The van der Waals surface area contributed by atoms with E-state index in [1.165, 1.54) is 0 Å². The molecule has 0 aliphatic carbocycles. The van der Waals surface area contributed by atoms with Crippen LogP contribution in [0.25, 0.3) is 0 Å². The summed E-state index contributed by atoms with van der Waals surface area (Å²) in [6.45, 7) is 2.83. The standard InChI is InChI=1S/C10H20N4O/c1-14-9-12-10(13-14)5-7-11-6-3-4-8-15-2/h9,11H,3-8H2,1-2H3. The van der Waals surface area contributed by atoms with E-state index in [1.54, 1.807) is 18.1 Å². The molecule has 1 rings (SSSR count). The molecule has 0 aromatic carbocycles. The maximum absolute atomic E-state index is 4.97. The lowest BCUT2D eigenvalue weighted by Crippen LogP contribution is -2.19. The van der Waals surface area contributed by atoms with Crippen LogP contribution in [-0.4, -0.2) is 41.6 Å². The van der Waals surface area contributed by atoms with Crippen molar-refractivity contribution in [2.45, 2.75) is 19.3 Å². The van der Waals surface area contributed by atoms with Crippen LogP contribution in [0.1, 0.15) is 18.7 Å². The second kappa shape index (κ2) is 7.36. The summed E-state index contributed by atoms with van der Waals surface area (Å²) in [7, 11) is 3.62. The Morgan fingerprint density at radius 1 is 1.40 bits per heavy atom. The summed E-state index contributed by atoms with van der Waals surface area (Å²) in [5, 5.41) is 7.56. The molecular formula is C10H20N4O. The molecule has 0 unspecified atom stereocenters. The molecule has 5 nitrogen and oxygen atoms in total. The summed E-state index contributed by atoms with van der Waals surface area (Å²) in [5.74, 6) is 0.905. The van der Waals surface area contributed by atoms with Crippen molar-refractivity contribution in [2.24, 2.45) is 7.05 Å². The van der Waals surface area contributed by atoms with E-state index in [9.17, 15) is 0 Å². The minimum absolute atomic E-state index is 0.851. The Kier molecular flexibility index (Phi) is 5.96. The number of nitrogens with zero attached hydrogens (tertiary/aromatic N) is 3. The second-order valence-electron chi connectivity index (χ2n) is 3.53. The molecule has 0 fully saturated rings. The zero-order valence-electron chi connectivity index (χ0n) is 9.57. The Hall–Kier alpha value is -0.940. The minimum atomic E-state index is 0.851. The van der Waals surface area contributed by atoms with E-state index >= 15 is 0 Å². The predicted molar refractivity (Wildman–Crippen MR) is 58.7 cm³/mol. The van der Waals surface area contributed by atoms with Crippen LogP contribution in [0.4, 0.5) is 0 Å². The third-order valence-electron chi connectivity index (χ3n) is 2.12. The predicted octanol–water partition coefficient (Wildman–Crippen LogP) is 0.374. The number of unbranched alkanes of at least 4 members (excludes halogenated alkanes) is 1. The molecule has 0 atom stereocenters. The number of ether oxygens (including phenoxy) is 1. The molecular weight excluding hydrogens is 192 g/mol. The number of rotatable bonds is 8. The number of hydrogen-bond acceptors (Lipinski definition) is 4. The average molecular weight is 212 g/mol. The molecule has 15 heavy (non-hydrogen) atoms. The van der Waals surface area contributed by atoms with Crippen LogP contribution in [0.3, 0.4) is 0 Å². The molecule has 0 aliphatic rings. The van der Waals surface area contributed by atoms with Crippen LogP contribution >= 0.6 is 0 Å². The van der Waals surface area contributed by atoms with E-state index in [2.05, 4.69) is 15.4 Å². The summed E-state index contributed by atoms with van der Waals surface area (Å²) < 4.78 is 6.70. The second-order valence-corrected chi connectivity index (χ2v) is 3.53. The molecule has 0 saturated heterocycles. The quantitative estimate of drug-likeness (QED) is 0.633. The van der Waals surface area contributed by atoms with Crippen molar-refractivity contribution in [3.8, 4) is 0 Å². The Bertz CT molecular complexity index is 262. The first-order valence-corrected chi connectivity index (χ1v) is 5.37. The SMILES string of the molecule is COCCCCNCCc1ncn(C)n1. The largest absolute Gasteiger partial charge is 0.385 e. The highest BCUT2D eigenvalue weighted by Gasteiger charge is 1.97. The van der Waals surface area contributed by atoms with Gasteiger partial charge in [0.1, 0.15) is 6.33 Å². The van der Waals surface area contributed by atoms with Crippen LogP contribution < -0.4 is 5.32 Å². The van der Waals surface area contributed by atoms with E-state index in [4.69, 9.17) is 4.74 Å². The van der Waals surface area contributed by atoms with E-state index in [1.807, 2.05) is 7.05 Å². The molecule has 1 aromatic heterocycles. The first-order valence-electron chi connectivity index (χ1n) is 5.37. The molecule has 1 N–H and O–H groups in total. The Morgan fingerprint density at radius 3 is 2.93 bits per heavy atom. The summed E-state index contributed by atoms with van der Waals surface area (Å²) in [6, 6.07) is 0. The number of aryl methyl sites for hydroxylation is 1. The highest BCUT2D eigenvalue weighted by molar-refractivity contribution is 4.81. The van der Waals surface area contributed by atoms with E-state index in [-0.39, 0.29) is 0 Å². The number of hydrogen-bond donors (Lipinski definition) is 1. The minimum Gasteiger partial charge on any atom is -0.385 e. The lowest BCUT2D eigenvalue weighted by molar-refractivity contribution is 0.192. The van der Waals surface area contributed by atoms with Gasteiger partial charge in [0.05, 0.1) is 0 Å². The van der Waals surface area contributed by atoms with E-state index in [0.29, 0.717) is 0 Å². The lowest BCUT2D eigenvalue weighted by Gasteiger charge is -2.02. The zero-order valence-corrected chi connectivity index (χ0v) is 9.57. The van der Waals surface area contributed by atoms with Crippen molar-refractivity contribution in [3.63, 3.8) is 0 Å². The summed E-state index contributed by atoms with van der Waals surface area (Å²) in [5.41, 5.74) is 0. The molecule has 0 saturated carbocycles. The van der Waals surface area contributed by atoms with Crippen molar-refractivity contribution in [1.82, 2.24) is 20.1 Å². The fourth-order valence-corrected chi connectivity index (χ4v) is 1.32. The van der Waals surface area contributed by atoms with Crippen molar-refractivity contribution >= 4 is 0 Å². The molecule has 0 radical (unpaired) electrons. The van der Waals surface area contributed by atoms with Crippen LogP contribution in [-0.2, 0) is 18.2 Å². The van der Waals surface area contributed by atoms with Crippen molar-refractivity contribution in [3.05, 3.63) is 12.2 Å². The molecule has 0 aliphatic heterocycles. The van der Waals surface area contributed by atoms with Gasteiger partial charge < -0.3 is 10.1 Å². The van der Waals surface area contributed by atoms with Gasteiger partial charge in [0, 0.05) is 33.7 Å². The molecule has 86 valence electrons. The van der Waals surface area contributed by atoms with Gasteiger partial charge in [-0.15, -0.1) is 0 Å². The molecule has 5 heteroatoms.